The van der Waals surface area contributed by atoms with E-state index in [2.05, 4.69) is 27.4 Å². The minimum absolute atomic E-state index is 0. The summed E-state index contributed by atoms with van der Waals surface area (Å²) >= 11 is 1.70. The first-order chi connectivity index (χ1) is 11.7. The molecule has 0 aromatic heterocycles. The number of benzene rings is 1. The zero-order chi connectivity index (χ0) is 17.4. The Morgan fingerprint density at radius 3 is 2.84 bits per heavy atom. The van der Waals surface area contributed by atoms with Gasteiger partial charge in [0.2, 0.25) is 0 Å². The van der Waals surface area contributed by atoms with Crippen LogP contribution in [0.1, 0.15) is 30.9 Å². The van der Waals surface area contributed by atoms with Gasteiger partial charge in [0.15, 0.2) is 5.96 Å². The maximum Gasteiger partial charge on any atom is 0.191 e. The molecule has 0 bridgehead atoms. The third kappa shape index (κ3) is 6.94. The predicted molar refractivity (Wildman–Crippen MR) is 118 cm³/mol. The molecule has 1 aliphatic heterocycles. The molecular weight excluding hydrogens is 450 g/mol. The maximum absolute atomic E-state index is 13.4. The number of thioether (sulfide) groups is 1. The molecule has 1 fully saturated rings. The van der Waals surface area contributed by atoms with Crippen LogP contribution in [0.2, 0.25) is 0 Å². The van der Waals surface area contributed by atoms with Gasteiger partial charge in [-0.1, -0.05) is 13.0 Å². The standard InChI is InChI=1S/C18H29FN4S.HI/c1-4-23-9-5-6-17(23)12-22-18(20-2)21-11-14-7-8-16(19)10-15(14)13-24-3;/h7-8,10,17H,4-6,9,11-13H2,1-3H3,(H2,20,21,22);1H. The van der Waals surface area contributed by atoms with Crippen LogP contribution in [0.5, 0.6) is 0 Å². The highest BCUT2D eigenvalue weighted by Crippen LogP contribution is 2.17. The second-order valence-electron chi connectivity index (χ2n) is 6.08. The number of hydrogen-bond donors (Lipinski definition) is 2. The summed E-state index contributed by atoms with van der Waals surface area (Å²) in [6, 6.07) is 5.60. The van der Waals surface area contributed by atoms with Crippen molar-refractivity contribution in [1.29, 1.82) is 0 Å². The van der Waals surface area contributed by atoms with Gasteiger partial charge in [0.25, 0.3) is 0 Å². The van der Waals surface area contributed by atoms with Crippen molar-refractivity contribution < 1.29 is 4.39 Å². The van der Waals surface area contributed by atoms with Crippen molar-refractivity contribution in [3.05, 3.63) is 35.1 Å². The van der Waals surface area contributed by atoms with Crippen molar-refractivity contribution in [1.82, 2.24) is 15.5 Å². The zero-order valence-electron chi connectivity index (χ0n) is 15.3. The monoisotopic (exact) mass is 480 g/mol. The summed E-state index contributed by atoms with van der Waals surface area (Å²) in [6.07, 6.45) is 4.55. The minimum Gasteiger partial charge on any atom is -0.355 e. The van der Waals surface area contributed by atoms with Gasteiger partial charge < -0.3 is 10.6 Å². The third-order valence-electron chi connectivity index (χ3n) is 4.55. The van der Waals surface area contributed by atoms with Gasteiger partial charge in [-0.25, -0.2) is 4.39 Å². The largest absolute Gasteiger partial charge is 0.355 e. The van der Waals surface area contributed by atoms with Crippen molar-refractivity contribution in [2.75, 3.05) is 32.9 Å². The quantitative estimate of drug-likeness (QED) is 0.357. The van der Waals surface area contributed by atoms with Crippen LogP contribution in [0.4, 0.5) is 4.39 Å². The van der Waals surface area contributed by atoms with Crippen LogP contribution in [-0.2, 0) is 12.3 Å². The lowest BCUT2D eigenvalue weighted by Gasteiger charge is -2.24. The average Bonchev–Trinajstić information content (AvgIpc) is 3.04. The number of aliphatic imine (C=N–C) groups is 1. The van der Waals surface area contributed by atoms with Gasteiger partial charge in [0, 0.05) is 31.9 Å². The summed E-state index contributed by atoms with van der Waals surface area (Å²) in [7, 11) is 1.79. The second kappa shape index (κ2) is 12.0. The fourth-order valence-corrected chi connectivity index (χ4v) is 3.79. The highest BCUT2D eigenvalue weighted by atomic mass is 127. The molecular formula is C18H30FIN4S. The first-order valence-electron chi connectivity index (χ1n) is 8.62. The van der Waals surface area contributed by atoms with Gasteiger partial charge in [-0.15, -0.1) is 24.0 Å². The lowest BCUT2D eigenvalue weighted by atomic mass is 10.1. The van der Waals surface area contributed by atoms with Crippen LogP contribution in [0, 0.1) is 5.82 Å². The second-order valence-corrected chi connectivity index (χ2v) is 6.94. The molecule has 0 radical (unpaired) electrons. The van der Waals surface area contributed by atoms with Gasteiger partial charge in [-0.2, -0.15) is 11.8 Å². The van der Waals surface area contributed by atoms with E-state index in [1.807, 2.05) is 12.3 Å². The summed E-state index contributed by atoms with van der Waals surface area (Å²) < 4.78 is 13.4. The van der Waals surface area contributed by atoms with Crippen molar-refractivity contribution in [3.8, 4) is 0 Å². The molecule has 1 aromatic carbocycles. The Morgan fingerprint density at radius 1 is 1.36 bits per heavy atom. The Morgan fingerprint density at radius 2 is 2.16 bits per heavy atom. The van der Waals surface area contributed by atoms with E-state index in [9.17, 15) is 4.39 Å². The van der Waals surface area contributed by atoms with Gasteiger partial charge in [0.1, 0.15) is 5.82 Å². The van der Waals surface area contributed by atoms with E-state index in [1.54, 1.807) is 24.9 Å². The number of likely N-dealkylation sites (N-methyl/N-ethyl adjacent to an activating group) is 1. The molecule has 1 aliphatic rings. The number of hydrogen-bond acceptors (Lipinski definition) is 3. The first-order valence-corrected chi connectivity index (χ1v) is 10.0. The number of likely N-dealkylation sites (tertiary alicyclic amines) is 1. The van der Waals surface area contributed by atoms with Crippen LogP contribution in [-0.4, -0.2) is 49.8 Å². The van der Waals surface area contributed by atoms with E-state index in [-0.39, 0.29) is 29.8 Å². The fraction of sp³-hybridized carbons (Fsp3) is 0.611. The summed E-state index contributed by atoms with van der Waals surface area (Å²) in [6.45, 7) is 6.08. The number of rotatable bonds is 7. The van der Waals surface area contributed by atoms with Crippen LogP contribution in [0.15, 0.2) is 23.2 Å². The van der Waals surface area contributed by atoms with Crippen molar-refractivity contribution in [2.24, 2.45) is 4.99 Å². The summed E-state index contributed by atoms with van der Waals surface area (Å²) in [5.41, 5.74) is 2.16. The van der Waals surface area contributed by atoms with Gasteiger partial charge >= 0.3 is 0 Å². The van der Waals surface area contributed by atoms with Crippen LogP contribution >= 0.6 is 35.7 Å². The topological polar surface area (TPSA) is 39.7 Å². The van der Waals surface area contributed by atoms with E-state index < -0.39 is 0 Å². The van der Waals surface area contributed by atoms with E-state index in [0.717, 1.165) is 35.9 Å². The number of halogens is 2. The molecule has 0 spiro atoms. The molecule has 0 amide bonds. The van der Waals surface area contributed by atoms with Crippen LogP contribution < -0.4 is 10.6 Å². The van der Waals surface area contributed by atoms with Gasteiger partial charge in [-0.05, 0) is 55.4 Å². The molecule has 7 heteroatoms. The maximum atomic E-state index is 13.4. The van der Waals surface area contributed by atoms with Crippen molar-refractivity contribution in [3.63, 3.8) is 0 Å². The molecule has 1 unspecified atom stereocenters. The molecule has 25 heavy (non-hydrogen) atoms. The molecule has 0 saturated carbocycles. The Kier molecular flexibility index (Phi) is 10.8. The Balaban J connectivity index is 0.00000312. The summed E-state index contributed by atoms with van der Waals surface area (Å²) in [5.74, 6) is 1.44. The highest BCUT2D eigenvalue weighted by molar-refractivity contribution is 14.0. The molecule has 2 N–H and O–H groups in total. The Hall–Kier alpha value is -0.540. The lowest BCUT2D eigenvalue weighted by molar-refractivity contribution is 0.267. The average molecular weight is 480 g/mol. The lowest BCUT2D eigenvalue weighted by Crippen LogP contribution is -2.44. The van der Waals surface area contributed by atoms with Gasteiger partial charge in [0.05, 0.1) is 0 Å². The predicted octanol–water partition coefficient (Wildman–Crippen LogP) is 3.46. The van der Waals surface area contributed by atoms with E-state index in [4.69, 9.17) is 0 Å². The molecule has 142 valence electrons. The SMILES string of the molecule is CCN1CCCC1CNC(=NC)NCc1ccc(F)cc1CSC.I. The Labute approximate surface area is 172 Å². The number of guanidine groups is 1. The molecule has 1 saturated heterocycles. The molecule has 0 aliphatic carbocycles. The normalized spacial score (nSPS) is 18.1. The zero-order valence-corrected chi connectivity index (χ0v) is 18.5. The highest BCUT2D eigenvalue weighted by Gasteiger charge is 2.22. The number of nitrogens with one attached hydrogen (secondary N) is 2. The third-order valence-corrected chi connectivity index (χ3v) is 5.15. The Bertz CT molecular complexity index is 556. The first kappa shape index (κ1) is 22.5. The van der Waals surface area contributed by atoms with Crippen molar-refractivity contribution >= 4 is 41.7 Å². The molecule has 1 heterocycles. The van der Waals surface area contributed by atoms with E-state index in [1.165, 1.54) is 25.5 Å². The molecule has 1 atom stereocenters. The van der Waals surface area contributed by atoms with Crippen LogP contribution in [0.3, 0.4) is 0 Å². The van der Waals surface area contributed by atoms with E-state index in [0.29, 0.717) is 12.6 Å². The van der Waals surface area contributed by atoms with Gasteiger partial charge in [-0.3, -0.25) is 9.89 Å². The van der Waals surface area contributed by atoms with Crippen LogP contribution in [0.25, 0.3) is 0 Å². The molecule has 4 nitrogen and oxygen atoms in total. The fourth-order valence-electron chi connectivity index (χ4n) is 3.21. The summed E-state index contributed by atoms with van der Waals surface area (Å²) in [4.78, 5) is 6.82. The minimum atomic E-state index is -0.175. The summed E-state index contributed by atoms with van der Waals surface area (Å²) in [5, 5.41) is 6.78. The molecule has 1 aromatic rings. The van der Waals surface area contributed by atoms with Crippen molar-refractivity contribution in [2.45, 2.75) is 38.1 Å². The van der Waals surface area contributed by atoms with E-state index >= 15 is 0 Å². The number of nitrogens with zero attached hydrogens (tertiary/aromatic N) is 2. The smallest absolute Gasteiger partial charge is 0.191 e. The molecule has 2 rings (SSSR count).